The minimum atomic E-state index is 0.232. The average molecular weight is 235 g/mol. The summed E-state index contributed by atoms with van der Waals surface area (Å²) in [7, 11) is 0. The molecule has 3 rings (SSSR count). The third-order valence-corrected chi connectivity index (χ3v) is 6.73. The molecule has 3 aliphatic rings. The van der Waals surface area contributed by atoms with E-state index in [0.717, 1.165) is 29.6 Å². The van der Waals surface area contributed by atoms with Crippen molar-refractivity contribution in [3.63, 3.8) is 0 Å². The smallest absolute Gasteiger partial charge is 0.0214 e. The van der Waals surface area contributed by atoms with Crippen LogP contribution in [0.2, 0.25) is 0 Å². The summed E-state index contributed by atoms with van der Waals surface area (Å²) >= 11 is 0. The lowest BCUT2D eigenvalue weighted by Gasteiger charge is -2.57. The van der Waals surface area contributed by atoms with Gasteiger partial charge in [-0.2, -0.15) is 0 Å². The highest BCUT2D eigenvalue weighted by Gasteiger charge is 2.52. The molecule has 0 heterocycles. The van der Waals surface area contributed by atoms with E-state index in [9.17, 15) is 0 Å². The molecule has 98 valence electrons. The van der Waals surface area contributed by atoms with Crippen LogP contribution < -0.4 is 5.73 Å². The normalized spacial score (nSPS) is 54.9. The van der Waals surface area contributed by atoms with Crippen LogP contribution in [-0.2, 0) is 0 Å². The number of hydrogen-bond donors (Lipinski definition) is 1. The Morgan fingerprint density at radius 3 is 2.59 bits per heavy atom. The lowest BCUT2D eigenvalue weighted by molar-refractivity contribution is -0.0379. The van der Waals surface area contributed by atoms with Crippen LogP contribution in [-0.4, -0.2) is 5.54 Å². The van der Waals surface area contributed by atoms with E-state index in [2.05, 4.69) is 13.8 Å². The van der Waals surface area contributed by atoms with Gasteiger partial charge in [-0.3, -0.25) is 0 Å². The van der Waals surface area contributed by atoms with Crippen molar-refractivity contribution < 1.29 is 0 Å². The molecule has 0 aromatic heterocycles. The molecule has 0 aromatic rings. The van der Waals surface area contributed by atoms with Crippen molar-refractivity contribution in [2.75, 3.05) is 0 Å². The predicted octanol–water partition coefficient (Wildman–Crippen LogP) is 3.97. The fourth-order valence-corrected chi connectivity index (χ4v) is 5.43. The number of nitrogens with two attached hydrogens (primary N) is 1. The fraction of sp³-hybridized carbons (Fsp3) is 1.00. The van der Waals surface area contributed by atoms with E-state index in [1.165, 1.54) is 51.4 Å². The number of fused-ring (bicyclic) bond motifs is 3. The van der Waals surface area contributed by atoms with Gasteiger partial charge >= 0.3 is 0 Å². The second-order valence-corrected chi connectivity index (χ2v) is 7.32. The molecule has 0 bridgehead atoms. The molecule has 0 amide bonds. The van der Waals surface area contributed by atoms with Crippen LogP contribution in [0.25, 0.3) is 0 Å². The Morgan fingerprint density at radius 1 is 0.941 bits per heavy atom. The Balaban J connectivity index is 1.85. The fourth-order valence-electron chi connectivity index (χ4n) is 5.43. The van der Waals surface area contributed by atoms with Crippen molar-refractivity contribution in [1.82, 2.24) is 0 Å². The first-order valence-electron chi connectivity index (χ1n) is 7.92. The zero-order valence-corrected chi connectivity index (χ0v) is 11.6. The summed E-state index contributed by atoms with van der Waals surface area (Å²) in [5.41, 5.74) is 7.16. The molecule has 17 heavy (non-hydrogen) atoms. The minimum absolute atomic E-state index is 0.232. The molecule has 1 heteroatoms. The summed E-state index contributed by atoms with van der Waals surface area (Å²) in [6.07, 6.45) is 11.3. The van der Waals surface area contributed by atoms with Crippen LogP contribution in [0.1, 0.15) is 65.2 Å². The number of hydrogen-bond acceptors (Lipinski definition) is 1. The van der Waals surface area contributed by atoms with E-state index in [0.29, 0.717) is 0 Å². The number of rotatable bonds is 0. The molecule has 2 N–H and O–H groups in total. The average Bonchev–Trinajstić information content (AvgIpc) is 2.33. The Bertz CT molecular complexity index is 287. The highest BCUT2D eigenvalue weighted by atomic mass is 14.8. The van der Waals surface area contributed by atoms with Crippen molar-refractivity contribution in [2.45, 2.75) is 70.8 Å². The molecule has 0 radical (unpaired) electrons. The molecule has 0 aliphatic heterocycles. The maximum atomic E-state index is 6.93. The summed E-state index contributed by atoms with van der Waals surface area (Å²) in [6.45, 7) is 4.95. The first kappa shape index (κ1) is 12.0. The summed E-state index contributed by atoms with van der Waals surface area (Å²) in [4.78, 5) is 0. The van der Waals surface area contributed by atoms with Gasteiger partial charge in [0.1, 0.15) is 0 Å². The van der Waals surface area contributed by atoms with E-state index in [1.54, 1.807) is 0 Å². The van der Waals surface area contributed by atoms with Gasteiger partial charge in [-0.05, 0) is 61.7 Å². The predicted molar refractivity (Wildman–Crippen MR) is 72.7 cm³/mol. The molecule has 3 fully saturated rings. The third-order valence-electron chi connectivity index (χ3n) is 6.73. The minimum Gasteiger partial charge on any atom is -0.325 e. The molecule has 1 nitrogen and oxygen atoms in total. The summed E-state index contributed by atoms with van der Waals surface area (Å²) in [6, 6.07) is 0. The quantitative estimate of drug-likeness (QED) is 0.675. The van der Waals surface area contributed by atoms with Gasteiger partial charge in [-0.25, -0.2) is 0 Å². The van der Waals surface area contributed by atoms with Gasteiger partial charge in [0.25, 0.3) is 0 Å². The molecule has 6 atom stereocenters. The van der Waals surface area contributed by atoms with E-state index < -0.39 is 0 Å². The van der Waals surface area contributed by atoms with Gasteiger partial charge in [0.05, 0.1) is 0 Å². The summed E-state index contributed by atoms with van der Waals surface area (Å²) < 4.78 is 0. The van der Waals surface area contributed by atoms with Gasteiger partial charge in [0, 0.05) is 5.54 Å². The summed E-state index contributed by atoms with van der Waals surface area (Å²) in [5, 5.41) is 0. The summed E-state index contributed by atoms with van der Waals surface area (Å²) in [5.74, 6) is 4.50. The molecule has 0 spiro atoms. The van der Waals surface area contributed by atoms with E-state index >= 15 is 0 Å². The Hall–Kier alpha value is -0.0400. The van der Waals surface area contributed by atoms with Crippen LogP contribution in [0.15, 0.2) is 0 Å². The van der Waals surface area contributed by atoms with Gasteiger partial charge < -0.3 is 5.73 Å². The first-order valence-corrected chi connectivity index (χ1v) is 7.92. The zero-order valence-electron chi connectivity index (χ0n) is 11.6. The Morgan fingerprint density at radius 2 is 1.76 bits per heavy atom. The van der Waals surface area contributed by atoms with Gasteiger partial charge in [0.15, 0.2) is 0 Å². The van der Waals surface area contributed by atoms with Crippen molar-refractivity contribution in [3.8, 4) is 0 Å². The Kier molecular flexibility index (Phi) is 3.01. The van der Waals surface area contributed by atoms with Crippen LogP contribution >= 0.6 is 0 Å². The SMILES string of the molecule is CC1CCC2C(CCC3CCCCC32N)C1C. The van der Waals surface area contributed by atoms with E-state index in [1.807, 2.05) is 0 Å². The maximum absolute atomic E-state index is 6.93. The van der Waals surface area contributed by atoms with E-state index in [-0.39, 0.29) is 5.54 Å². The standard InChI is InChI=1S/C16H29N/c1-11-6-9-15-14(12(11)2)8-7-13-5-3-4-10-16(13,15)17/h11-15H,3-10,17H2,1-2H3. The van der Waals surface area contributed by atoms with E-state index in [4.69, 9.17) is 5.73 Å². The molecular weight excluding hydrogens is 206 g/mol. The highest BCUT2D eigenvalue weighted by Crippen LogP contribution is 2.55. The molecule has 3 aliphatic carbocycles. The topological polar surface area (TPSA) is 26.0 Å². The lowest BCUT2D eigenvalue weighted by Crippen LogP contribution is -2.61. The third kappa shape index (κ3) is 1.77. The van der Waals surface area contributed by atoms with Crippen molar-refractivity contribution >= 4 is 0 Å². The maximum Gasteiger partial charge on any atom is 0.0214 e. The second kappa shape index (κ2) is 4.26. The zero-order chi connectivity index (χ0) is 12.0. The van der Waals surface area contributed by atoms with Crippen LogP contribution in [0.3, 0.4) is 0 Å². The molecule has 3 saturated carbocycles. The van der Waals surface area contributed by atoms with Crippen molar-refractivity contribution in [1.29, 1.82) is 0 Å². The largest absolute Gasteiger partial charge is 0.325 e. The first-order chi connectivity index (χ1) is 8.13. The molecule has 0 saturated heterocycles. The van der Waals surface area contributed by atoms with Gasteiger partial charge in [0.2, 0.25) is 0 Å². The lowest BCUT2D eigenvalue weighted by atomic mass is 9.50. The van der Waals surface area contributed by atoms with Crippen molar-refractivity contribution in [2.24, 2.45) is 35.3 Å². The molecule has 6 unspecified atom stereocenters. The molecule has 0 aromatic carbocycles. The van der Waals surface area contributed by atoms with Crippen molar-refractivity contribution in [3.05, 3.63) is 0 Å². The van der Waals surface area contributed by atoms with Crippen LogP contribution in [0.5, 0.6) is 0 Å². The monoisotopic (exact) mass is 235 g/mol. The highest BCUT2D eigenvalue weighted by molar-refractivity contribution is 5.07. The van der Waals surface area contributed by atoms with Gasteiger partial charge in [-0.1, -0.05) is 33.1 Å². The second-order valence-electron chi connectivity index (χ2n) is 7.32. The Labute approximate surface area is 107 Å². The molecular formula is C16H29N. The van der Waals surface area contributed by atoms with Crippen LogP contribution in [0, 0.1) is 29.6 Å². The van der Waals surface area contributed by atoms with Gasteiger partial charge in [-0.15, -0.1) is 0 Å². The van der Waals surface area contributed by atoms with Crippen LogP contribution in [0.4, 0.5) is 0 Å².